The second-order valence-corrected chi connectivity index (χ2v) is 9.25. The van der Waals surface area contributed by atoms with Crippen molar-refractivity contribution in [1.82, 2.24) is 24.3 Å². The van der Waals surface area contributed by atoms with Gasteiger partial charge in [0.1, 0.15) is 5.69 Å². The van der Waals surface area contributed by atoms with Crippen LogP contribution in [0.25, 0.3) is 0 Å². The summed E-state index contributed by atoms with van der Waals surface area (Å²) in [6, 6.07) is 3.79. The van der Waals surface area contributed by atoms with Gasteiger partial charge in [0, 0.05) is 25.5 Å². The number of nitrogens with zero attached hydrogens (tertiary/aromatic N) is 5. The predicted octanol–water partition coefficient (Wildman–Crippen LogP) is 1.62. The zero-order chi connectivity index (χ0) is 22.6. The number of nitrogens with one attached hydrogen (secondary N) is 1. The number of aliphatic carboxylic acids is 1. The Balaban J connectivity index is 0.000000339. The number of aryl methyl sites for hydroxylation is 1. The Hall–Kier alpha value is -2.74. The Bertz CT molecular complexity index is 1010. The number of carbonyl (C=O) groups is 1. The quantitative estimate of drug-likeness (QED) is 0.686. The van der Waals surface area contributed by atoms with E-state index in [4.69, 9.17) is 9.90 Å². The zero-order valence-corrected chi connectivity index (χ0v) is 17.1. The topological polar surface area (TPSA) is 130 Å². The maximum absolute atomic E-state index is 12.6. The van der Waals surface area contributed by atoms with Gasteiger partial charge in [-0.1, -0.05) is 5.21 Å². The zero-order valence-electron chi connectivity index (χ0n) is 16.3. The molecule has 4 rings (SSSR count). The first kappa shape index (κ1) is 22.9. The van der Waals surface area contributed by atoms with Gasteiger partial charge in [0.15, 0.2) is 0 Å². The van der Waals surface area contributed by atoms with Crippen LogP contribution in [0.4, 0.5) is 18.9 Å². The second kappa shape index (κ2) is 9.18. The van der Waals surface area contributed by atoms with Gasteiger partial charge < -0.3 is 10.4 Å². The lowest BCUT2D eigenvalue weighted by Crippen LogP contribution is -2.33. The normalized spacial score (nSPS) is 17.1. The van der Waals surface area contributed by atoms with Gasteiger partial charge in [0.05, 0.1) is 29.7 Å². The average Bonchev–Trinajstić information content (AvgIpc) is 3.53. The first-order valence-corrected chi connectivity index (χ1v) is 10.9. The highest BCUT2D eigenvalue weighted by Gasteiger charge is 2.41. The smallest absolute Gasteiger partial charge is 0.475 e. The molecule has 1 aliphatic carbocycles. The molecule has 1 aliphatic heterocycles. The van der Waals surface area contributed by atoms with Gasteiger partial charge in [-0.15, -0.1) is 5.10 Å². The molecule has 0 unspecified atom stereocenters. The maximum Gasteiger partial charge on any atom is 0.490 e. The standard InChI is InChI=1S/C15H20N6O2S.C2HF3O2/c22-24(23,13-4-5-13)20-7-2-8-21-15(11-20)14(18-19-21)10-17-12-3-1-6-16-9-12;3-2(4,5)1(6)7/h1,3,6,9,13,17H,2,4-5,7-8,10-11H2;(H,6,7). The summed E-state index contributed by atoms with van der Waals surface area (Å²) in [6.07, 6.45) is 0.706. The van der Waals surface area contributed by atoms with Gasteiger partial charge in [0.25, 0.3) is 0 Å². The molecule has 2 aromatic rings. The van der Waals surface area contributed by atoms with Crippen molar-refractivity contribution >= 4 is 21.7 Å². The summed E-state index contributed by atoms with van der Waals surface area (Å²) in [7, 11) is -3.18. The molecule has 2 aromatic heterocycles. The van der Waals surface area contributed by atoms with Gasteiger partial charge in [-0.05, 0) is 31.4 Å². The fourth-order valence-electron chi connectivity index (χ4n) is 2.95. The summed E-state index contributed by atoms with van der Waals surface area (Å²) in [5.41, 5.74) is 2.57. The minimum absolute atomic E-state index is 0.183. The molecule has 31 heavy (non-hydrogen) atoms. The second-order valence-electron chi connectivity index (χ2n) is 7.04. The van der Waals surface area contributed by atoms with Gasteiger partial charge in [-0.25, -0.2) is 17.9 Å². The molecule has 0 radical (unpaired) electrons. The highest BCUT2D eigenvalue weighted by atomic mass is 32.2. The van der Waals surface area contributed by atoms with E-state index in [-0.39, 0.29) is 5.25 Å². The predicted molar refractivity (Wildman–Crippen MR) is 102 cm³/mol. The van der Waals surface area contributed by atoms with Crippen LogP contribution in [-0.2, 0) is 34.5 Å². The Morgan fingerprint density at radius 2 is 2.00 bits per heavy atom. The Kier molecular flexibility index (Phi) is 6.79. The molecule has 3 heterocycles. The highest BCUT2D eigenvalue weighted by molar-refractivity contribution is 7.90. The summed E-state index contributed by atoms with van der Waals surface area (Å²) >= 11 is 0. The molecule has 0 spiro atoms. The minimum Gasteiger partial charge on any atom is -0.475 e. The Morgan fingerprint density at radius 3 is 2.58 bits per heavy atom. The molecule has 0 bridgehead atoms. The van der Waals surface area contributed by atoms with Crippen molar-refractivity contribution in [2.45, 2.75) is 50.3 Å². The highest BCUT2D eigenvalue weighted by Crippen LogP contribution is 2.32. The van der Waals surface area contributed by atoms with E-state index in [0.29, 0.717) is 26.2 Å². The van der Waals surface area contributed by atoms with Crippen LogP contribution in [0, 0.1) is 0 Å². The number of anilines is 1. The number of sulfonamides is 1. The van der Waals surface area contributed by atoms with Gasteiger partial charge in [-0.3, -0.25) is 4.98 Å². The molecule has 0 aromatic carbocycles. The van der Waals surface area contributed by atoms with Crippen molar-refractivity contribution in [3.8, 4) is 0 Å². The molecule has 14 heteroatoms. The molecule has 0 atom stereocenters. The lowest BCUT2D eigenvalue weighted by atomic mass is 10.3. The lowest BCUT2D eigenvalue weighted by Gasteiger charge is -2.19. The number of rotatable bonds is 5. The first-order chi connectivity index (χ1) is 14.6. The number of alkyl halides is 3. The van der Waals surface area contributed by atoms with Gasteiger partial charge in [-0.2, -0.15) is 17.5 Å². The number of pyridine rings is 1. The summed E-state index contributed by atoms with van der Waals surface area (Å²) in [4.78, 5) is 13.0. The number of carboxylic acid groups (broad SMARTS) is 1. The van der Waals surface area contributed by atoms with Crippen LogP contribution in [0.5, 0.6) is 0 Å². The van der Waals surface area contributed by atoms with E-state index in [0.717, 1.165) is 36.3 Å². The summed E-state index contributed by atoms with van der Waals surface area (Å²) in [6.45, 7) is 2.11. The van der Waals surface area contributed by atoms with E-state index in [9.17, 15) is 21.6 Å². The van der Waals surface area contributed by atoms with Crippen LogP contribution in [0.15, 0.2) is 24.5 Å². The van der Waals surface area contributed by atoms with E-state index in [1.807, 2.05) is 16.8 Å². The molecule has 0 amide bonds. The molecule has 170 valence electrons. The van der Waals surface area contributed by atoms with Crippen LogP contribution < -0.4 is 5.32 Å². The van der Waals surface area contributed by atoms with Crippen LogP contribution in [-0.4, -0.2) is 61.7 Å². The molecule has 1 saturated carbocycles. The van der Waals surface area contributed by atoms with Crippen LogP contribution in [0.1, 0.15) is 30.7 Å². The van der Waals surface area contributed by atoms with Crippen molar-refractivity contribution < 1.29 is 31.5 Å². The molecule has 0 saturated heterocycles. The molecule has 2 aliphatic rings. The van der Waals surface area contributed by atoms with Crippen molar-refractivity contribution in [3.05, 3.63) is 35.9 Å². The van der Waals surface area contributed by atoms with Crippen LogP contribution in [0.3, 0.4) is 0 Å². The van der Waals surface area contributed by atoms with Crippen molar-refractivity contribution in [2.24, 2.45) is 0 Å². The van der Waals surface area contributed by atoms with E-state index < -0.39 is 22.2 Å². The molecule has 1 fully saturated rings. The summed E-state index contributed by atoms with van der Waals surface area (Å²) in [5, 5.41) is 18.6. The Morgan fingerprint density at radius 1 is 1.29 bits per heavy atom. The molecule has 2 N–H and O–H groups in total. The molecular weight excluding hydrogens is 441 g/mol. The van der Waals surface area contributed by atoms with E-state index in [2.05, 4.69) is 20.6 Å². The van der Waals surface area contributed by atoms with Crippen LogP contribution >= 0.6 is 0 Å². The largest absolute Gasteiger partial charge is 0.490 e. The Labute approximate surface area is 176 Å². The maximum atomic E-state index is 12.6. The number of hydrogen-bond acceptors (Lipinski definition) is 7. The SMILES string of the molecule is O=C(O)C(F)(F)F.O=S(=O)(C1CC1)N1CCCn2nnc(CNc3cccnc3)c2C1. The van der Waals surface area contributed by atoms with Crippen molar-refractivity contribution in [1.29, 1.82) is 0 Å². The fraction of sp³-hybridized carbons (Fsp3) is 0.529. The lowest BCUT2D eigenvalue weighted by molar-refractivity contribution is -0.192. The number of fused-ring (bicyclic) bond motifs is 1. The first-order valence-electron chi connectivity index (χ1n) is 9.43. The number of halogens is 3. The fourth-order valence-corrected chi connectivity index (χ4v) is 4.79. The third-order valence-electron chi connectivity index (χ3n) is 4.69. The number of carboxylic acids is 1. The minimum atomic E-state index is -5.08. The van der Waals surface area contributed by atoms with Crippen LogP contribution in [0.2, 0.25) is 0 Å². The average molecular weight is 462 g/mol. The van der Waals surface area contributed by atoms with E-state index in [1.54, 1.807) is 16.7 Å². The van der Waals surface area contributed by atoms with Gasteiger partial charge >= 0.3 is 12.1 Å². The third kappa shape index (κ3) is 5.91. The van der Waals surface area contributed by atoms with Crippen molar-refractivity contribution in [3.63, 3.8) is 0 Å². The summed E-state index contributed by atoms with van der Waals surface area (Å²) in [5.74, 6) is -2.76. The molecular formula is C17H21F3N6O4S. The third-order valence-corrected chi connectivity index (χ3v) is 7.04. The van der Waals surface area contributed by atoms with Gasteiger partial charge in [0.2, 0.25) is 10.0 Å². The molecule has 10 nitrogen and oxygen atoms in total. The van der Waals surface area contributed by atoms with Crippen molar-refractivity contribution in [2.75, 3.05) is 11.9 Å². The van der Waals surface area contributed by atoms with E-state index >= 15 is 0 Å². The van der Waals surface area contributed by atoms with E-state index in [1.165, 1.54) is 0 Å². The number of aromatic nitrogens is 4. The monoisotopic (exact) mass is 462 g/mol. The number of hydrogen-bond donors (Lipinski definition) is 2. The summed E-state index contributed by atoms with van der Waals surface area (Å²) < 4.78 is 60.3.